The molecule has 5 heteroatoms. The molecule has 0 unspecified atom stereocenters. The molecule has 0 atom stereocenters. The summed E-state index contributed by atoms with van der Waals surface area (Å²) in [7, 11) is 1.90. The van der Waals surface area contributed by atoms with Crippen molar-refractivity contribution in [3.8, 4) is 10.6 Å². The lowest BCUT2D eigenvalue weighted by Gasteiger charge is -1.98. The normalized spacial score (nSPS) is 10.8. The maximum absolute atomic E-state index is 5.84. The van der Waals surface area contributed by atoms with Crippen molar-refractivity contribution in [2.24, 2.45) is 7.05 Å². The Bertz CT molecular complexity index is 433. The summed E-state index contributed by atoms with van der Waals surface area (Å²) in [6.07, 6.45) is 1.68. The average molecular weight is 272 g/mol. The van der Waals surface area contributed by atoms with Crippen LogP contribution in [-0.2, 0) is 7.05 Å². The zero-order valence-corrected chi connectivity index (χ0v) is 10.3. The summed E-state index contributed by atoms with van der Waals surface area (Å²) in [5.74, 6) is 0. The first-order valence-corrected chi connectivity index (χ1v) is 5.74. The number of hydrogen-bond donors (Lipinski definition) is 1. The van der Waals surface area contributed by atoms with Crippen molar-refractivity contribution in [1.82, 2.24) is 9.78 Å². The SMILES string of the molecule is Cc1sc(-c2c(N)cnn2C)cc1Br. The van der Waals surface area contributed by atoms with Gasteiger partial charge in [-0.15, -0.1) is 11.3 Å². The Morgan fingerprint density at radius 2 is 2.29 bits per heavy atom. The molecule has 0 bridgehead atoms. The Kier molecular flexibility index (Phi) is 2.36. The van der Waals surface area contributed by atoms with E-state index in [1.807, 2.05) is 7.05 Å². The van der Waals surface area contributed by atoms with Crippen LogP contribution in [0.2, 0.25) is 0 Å². The highest BCUT2D eigenvalue weighted by molar-refractivity contribution is 9.10. The van der Waals surface area contributed by atoms with Crippen LogP contribution in [0.5, 0.6) is 0 Å². The molecule has 2 N–H and O–H groups in total. The van der Waals surface area contributed by atoms with Gasteiger partial charge in [0.2, 0.25) is 0 Å². The van der Waals surface area contributed by atoms with Gasteiger partial charge in [0.15, 0.2) is 0 Å². The molecule has 0 saturated carbocycles. The summed E-state index contributed by atoms with van der Waals surface area (Å²) >= 11 is 5.20. The second-order valence-corrected chi connectivity index (χ2v) is 5.20. The second kappa shape index (κ2) is 3.40. The van der Waals surface area contributed by atoms with Gasteiger partial charge in [0.25, 0.3) is 0 Å². The molecule has 0 aliphatic rings. The minimum Gasteiger partial charge on any atom is -0.396 e. The highest BCUT2D eigenvalue weighted by Crippen LogP contribution is 2.36. The van der Waals surface area contributed by atoms with E-state index in [2.05, 4.69) is 34.0 Å². The fourth-order valence-electron chi connectivity index (χ4n) is 1.33. The lowest BCUT2D eigenvalue weighted by molar-refractivity contribution is 0.777. The average Bonchev–Trinajstić information content (AvgIpc) is 2.59. The van der Waals surface area contributed by atoms with E-state index in [-0.39, 0.29) is 0 Å². The first-order chi connectivity index (χ1) is 6.59. The van der Waals surface area contributed by atoms with Crippen molar-refractivity contribution in [3.05, 3.63) is 21.6 Å². The number of nitrogens with zero attached hydrogens (tertiary/aromatic N) is 2. The molecule has 0 aliphatic carbocycles. The zero-order valence-electron chi connectivity index (χ0n) is 7.91. The smallest absolute Gasteiger partial charge is 0.101 e. The number of thiophene rings is 1. The summed E-state index contributed by atoms with van der Waals surface area (Å²) in [5, 5.41) is 4.11. The molecule has 0 saturated heterocycles. The quantitative estimate of drug-likeness (QED) is 0.867. The summed E-state index contributed by atoms with van der Waals surface area (Å²) in [6.45, 7) is 2.07. The van der Waals surface area contributed by atoms with E-state index in [1.54, 1.807) is 22.2 Å². The molecule has 0 radical (unpaired) electrons. The van der Waals surface area contributed by atoms with Crippen LogP contribution in [0, 0.1) is 6.92 Å². The number of anilines is 1. The summed E-state index contributed by atoms with van der Waals surface area (Å²) in [5.41, 5.74) is 7.55. The Morgan fingerprint density at radius 3 is 2.71 bits per heavy atom. The number of aromatic nitrogens is 2. The van der Waals surface area contributed by atoms with E-state index in [9.17, 15) is 0 Å². The van der Waals surface area contributed by atoms with Crippen molar-refractivity contribution in [2.75, 3.05) is 5.73 Å². The molecule has 0 fully saturated rings. The summed E-state index contributed by atoms with van der Waals surface area (Å²) < 4.78 is 2.92. The number of aryl methyl sites for hydroxylation is 2. The van der Waals surface area contributed by atoms with Crippen LogP contribution in [0.4, 0.5) is 5.69 Å². The predicted octanol–water partition coefficient (Wildman–Crippen LogP) is 2.80. The van der Waals surface area contributed by atoms with Gasteiger partial charge in [-0.05, 0) is 28.9 Å². The van der Waals surface area contributed by atoms with Crippen molar-refractivity contribution >= 4 is 33.0 Å². The minimum absolute atomic E-state index is 0.723. The maximum Gasteiger partial charge on any atom is 0.101 e. The molecule has 0 aliphatic heterocycles. The van der Waals surface area contributed by atoms with Gasteiger partial charge in [-0.2, -0.15) is 5.10 Å². The van der Waals surface area contributed by atoms with Crippen molar-refractivity contribution in [2.45, 2.75) is 6.92 Å². The van der Waals surface area contributed by atoms with Gasteiger partial charge in [-0.1, -0.05) is 0 Å². The van der Waals surface area contributed by atoms with Crippen molar-refractivity contribution in [3.63, 3.8) is 0 Å². The zero-order chi connectivity index (χ0) is 10.3. The van der Waals surface area contributed by atoms with Crippen LogP contribution in [0.25, 0.3) is 10.6 Å². The minimum atomic E-state index is 0.723. The van der Waals surface area contributed by atoms with Gasteiger partial charge >= 0.3 is 0 Å². The molecule has 0 aromatic carbocycles. The van der Waals surface area contributed by atoms with Crippen LogP contribution in [0.1, 0.15) is 4.88 Å². The van der Waals surface area contributed by atoms with E-state index < -0.39 is 0 Å². The van der Waals surface area contributed by atoms with E-state index >= 15 is 0 Å². The Balaban J connectivity index is 2.59. The molecule has 0 spiro atoms. The van der Waals surface area contributed by atoms with Crippen LogP contribution >= 0.6 is 27.3 Å². The third-order valence-electron chi connectivity index (χ3n) is 2.06. The third kappa shape index (κ3) is 1.46. The number of nitrogen functional groups attached to an aromatic ring is 1. The Hall–Kier alpha value is -0.810. The lowest BCUT2D eigenvalue weighted by atomic mass is 10.3. The van der Waals surface area contributed by atoms with Crippen LogP contribution in [0.15, 0.2) is 16.7 Å². The van der Waals surface area contributed by atoms with Gasteiger partial charge in [-0.25, -0.2) is 0 Å². The standard InChI is InChI=1S/C9H10BrN3S/c1-5-6(10)3-8(14-5)9-7(11)4-12-13(9)2/h3-4H,11H2,1-2H3. The van der Waals surface area contributed by atoms with E-state index in [0.717, 1.165) is 20.7 Å². The van der Waals surface area contributed by atoms with Crippen molar-refractivity contribution < 1.29 is 0 Å². The fraction of sp³-hybridized carbons (Fsp3) is 0.222. The van der Waals surface area contributed by atoms with E-state index in [1.165, 1.54) is 4.88 Å². The fourth-order valence-corrected chi connectivity index (χ4v) is 2.97. The van der Waals surface area contributed by atoms with Gasteiger partial charge < -0.3 is 5.73 Å². The summed E-state index contributed by atoms with van der Waals surface area (Å²) in [4.78, 5) is 2.40. The molecule has 14 heavy (non-hydrogen) atoms. The second-order valence-electron chi connectivity index (χ2n) is 3.09. The Morgan fingerprint density at radius 1 is 1.57 bits per heavy atom. The van der Waals surface area contributed by atoms with Gasteiger partial charge in [0.1, 0.15) is 5.69 Å². The molecular weight excluding hydrogens is 262 g/mol. The highest BCUT2D eigenvalue weighted by Gasteiger charge is 2.12. The topological polar surface area (TPSA) is 43.8 Å². The first kappa shape index (κ1) is 9.73. The molecule has 74 valence electrons. The molecule has 2 heterocycles. The summed E-state index contributed by atoms with van der Waals surface area (Å²) in [6, 6.07) is 2.08. The third-order valence-corrected chi connectivity index (χ3v) is 4.20. The predicted molar refractivity (Wildman–Crippen MR) is 63.4 cm³/mol. The largest absolute Gasteiger partial charge is 0.396 e. The molecule has 0 amide bonds. The van der Waals surface area contributed by atoms with Crippen LogP contribution in [-0.4, -0.2) is 9.78 Å². The molecule has 2 aromatic rings. The molecular formula is C9H10BrN3S. The Labute approximate surface area is 94.7 Å². The van der Waals surface area contributed by atoms with Crippen LogP contribution in [0.3, 0.4) is 0 Å². The molecule has 2 aromatic heterocycles. The maximum atomic E-state index is 5.84. The number of rotatable bonds is 1. The number of hydrogen-bond acceptors (Lipinski definition) is 3. The lowest BCUT2D eigenvalue weighted by Crippen LogP contribution is -1.93. The highest BCUT2D eigenvalue weighted by atomic mass is 79.9. The van der Waals surface area contributed by atoms with Gasteiger partial charge in [0, 0.05) is 16.4 Å². The van der Waals surface area contributed by atoms with Gasteiger partial charge in [-0.3, -0.25) is 4.68 Å². The van der Waals surface area contributed by atoms with Crippen LogP contribution < -0.4 is 5.73 Å². The monoisotopic (exact) mass is 271 g/mol. The van der Waals surface area contributed by atoms with Gasteiger partial charge in [0.05, 0.1) is 16.8 Å². The first-order valence-electron chi connectivity index (χ1n) is 4.13. The number of nitrogens with two attached hydrogens (primary N) is 1. The number of halogens is 1. The van der Waals surface area contributed by atoms with Crippen molar-refractivity contribution in [1.29, 1.82) is 0 Å². The van der Waals surface area contributed by atoms with E-state index in [0.29, 0.717) is 0 Å². The molecule has 3 nitrogen and oxygen atoms in total. The molecule has 2 rings (SSSR count). The van der Waals surface area contributed by atoms with E-state index in [4.69, 9.17) is 5.73 Å².